The summed E-state index contributed by atoms with van der Waals surface area (Å²) in [6.07, 6.45) is 0. The van der Waals surface area contributed by atoms with Gasteiger partial charge in [-0.2, -0.15) is 0 Å². The molecule has 1 aromatic carbocycles. The fourth-order valence-electron chi connectivity index (χ4n) is 1.55. The minimum absolute atomic E-state index is 0.151. The lowest BCUT2D eigenvalue weighted by Crippen LogP contribution is -2.45. The maximum atomic E-state index is 10.9. The lowest BCUT2D eigenvalue weighted by molar-refractivity contribution is -0.119. The summed E-state index contributed by atoms with van der Waals surface area (Å²) in [5.41, 5.74) is 11.9. The molecule has 0 radical (unpaired) electrons. The van der Waals surface area contributed by atoms with Crippen LogP contribution in [0.5, 0.6) is 0 Å². The summed E-state index contributed by atoms with van der Waals surface area (Å²) in [5, 5.41) is 0.706. The van der Waals surface area contributed by atoms with Crippen molar-refractivity contribution in [1.82, 2.24) is 4.90 Å². The summed E-state index contributed by atoms with van der Waals surface area (Å²) in [5.74, 6) is -0.486. The van der Waals surface area contributed by atoms with Crippen molar-refractivity contribution in [2.24, 2.45) is 11.5 Å². The van der Waals surface area contributed by atoms with Crippen LogP contribution in [0.3, 0.4) is 0 Å². The Hall–Kier alpha value is -1.10. The maximum Gasteiger partial charge on any atom is 0.235 e. The van der Waals surface area contributed by atoms with Crippen molar-refractivity contribution in [3.8, 4) is 0 Å². The van der Waals surface area contributed by atoms with Crippen molar-refractivity contribution in [1.29, 1.82) is 0 Å². The first-order valence-electron chi connectivity index (χ1n) is 5.42. The molecule has 2 unspecified atom stereocenters. The third-order valence-electron chi connectivity index (χ3n) is 2.86. The molecule has 94 valence electrons. The average molecular weight is 256 g/mol. The molecule has 0 spiro atoms. The molecule has 0 saturated heterocycles. The highest BCUT2D eigenvalue weighted by molar-refractivity contribution is 6.30. The summed E-state index contributed by atoms with van der Waals surface area (Å²) < 4.78 is 0. The van der Waals surface area contributed by atoms with Gasteiger partial charge in [-0.3, -0.25) is 9.69 Å². The van der Waals surface area contributed by atoms with Crippen molar-refractivity contribution in [3.05, 3.63) is 34.9 Å². The largest absolute Gasteiger partial charge is 0.368 e. The van der Waals surface area contributed by atoms with Gasteiger partial charge < -0.3 is 11.5 Å². The van der Waals surface area contributed by atoms with E-state index in [0.717, 1.165) is 5.56 Å². The van der Waals surface area contributed by atoms with Gasteiger partial charge in [-0.1, -0.05) is 23.7 Å². The van der Waals surface area contributed by atoms with Crippen molar-refractivity contribution in [2.45, 2.75) is 19.0 Å². The number of hydrogen-bond donors (Lipinski definition) is 2. The van der Waals surface area contributed by atoms with Crippen LogP contribution in [0.25, 0.3) is 0 Å². The molecule has 1 amide bonds. The molecule has 0 aliphatic carbocycles. The Labute approximate surface area is 107 Å². The zero-order valence-corrected chi connectivity index (χ0v) is 10.8. The van der Waals surface area contributed by atoms with Gasteiger partial charge in [0, 0.05) is 17.6 Å². The third-order valence-corrected chi connectivity index (χ3v) is 3.12. The second-order valence-electron chi connectivity index (χ2n) is 4.18. The first-order valence-corrected chi connectivity index (χ1v) is 5.80. The van der Waals surface area contributed by atoms with Gasteiger partial charge in [0.1, 0.15) is 0 Å². The Morgan fingerprint density at radius 3 is 2.41 bits per heavy atom. The first-order chi connectivity index (χ1) is 7.91. The number of primary amides is 1. The van der Waals surface area contributed by atoms with Crippen LogP contribution >= 0.6 is 11.6 Å². The van der Waals surface area contributed by atoms with E-state index in [0.29, 0.717) is 11.6 Å². The Bertz CT molecular complexity index is 380. The summed E-state index contributed by atoms with van der Waals surface area (Å²) in [7, 11) is 1.90. The minimum Gasteiger partial charge on any atom is -0.368 e. The first kappa shape index (κ1) is 14.0. The van der Waals surface area contributed by atoms with Crippen molar-refractivity contribution < 1.29 is 4.79 Å². The normalized spacial score (nSPS) is 14.6. The summed E-state index contributed by atoms with van der Waals surface area (Å²) >= 11 is 5.83. The van der Waals surface area contributed by atoms with Gasteiger partial charge in [0.2, 0.25) is 5.91 Å². The summed E-state index contributed by atoms with van der Waals surface area (Å²) in [4.78, 5) is 12.9. The highest BCUT2D eigenvalue weighted by Gasteiger charge is 2.17. The molecular weight excluding hydrogens is 238 g/mol. The molecule has 17 heavy (non-hydrogen) atoms. The number of benzene rings is 1. The monoisotopic (exact) mass is 255 g/mol. The number of likely N-dealkylation sites (N-methyl/N-ethyl adjacent to an activating group) is 1. The van der Waals surface area contributed by atoms with Crippen molar-refractivity contribution >= 4 is 17.5 Å². The van der Waals surface area contributed by atoms with Crippen molar-refractivity contribution in [3.63, 3.8) is 0 Å². The van der Waals surface area contributed by atoms with E-state index in [2.05, 4.69) is 0 Å². The van der Waals surface area contributed by atoms with Crippen LogP contribution in [0.1, 0.15) is 18.5 Å². The topological polar surface area (TPSA) is 72.3 Å². The van der Waals surface area contributed by atoms with Crippen LogP contribution in [0.2, 0.25) is 5.02 Å². The zero-order valence-electron chi connectivity index (χ0n) is 10.1. The average Bonchev–Trinajstić information content (AvgIpc) is 2.28. The van der Waals surface area contributed by atoms with Gasteiger partial charge in [0.05, 0.1) is 6.04 Å². The van der Waals surface area contributed by atoms with E-state index in [4.69, 9.17) is 23.1 Å². The lowest BCUT2D eigenvalue weighted by Gasteiger charge is -2.26. The predicted molar refractivity (Wildman–Crippen MR) is 69.7 cm³/mol. The minimum atomic E-state index is -0.644. The molecule has 0 aliphatic heterocycles. The predicted octanol–water partition coefficient (Wildman–Crippen LogP) is 1.15. The number of carbonyl (C=O) groups excluding carboxylic acids is 1. The molecule has 1 rings (SSSR count). The highest BCUT2D eigenvalue weighted by Crippen LogP contribution is 2.20. The summed E-state index contributed by atoms with van der Waals surface area (Å²) in [6.45, 7) is 2.47. The molecule has 0 aromatic heterocycles. The number of amides is 1. The van der Waals surface area contributed by atoms with E-state index in [-0.39, 0.29) is 6.04 Å². The van der Waals surface area contributed by atoms with E-state index in [9.17, 15) is 4.79 Å². The molecular formula is C12H18ClN3O. The maximum absolute atomic E-state index is 10.9. The molecule has 2 atom stereocenters. The number of nitrogens with two attached hydrogens (primary N) is 2. The van der Waals surface area contributed by atoms with E-state index in [1.54, 1.807) is 0 Å². The number of carbonyl (C=O) groups is 1. The third kappa shape index (κ3) is 4.00. The van der Waals surface area contributed by atoms with E-state index < -0.39 is 11.9 Å². The highest BCUT2D eigenvalue weighted by atomic mass is 35.5. The molecule has 4 nitrogen and oxygen atoms in total. The van der Waals surface area contributed by atoms with E-state index in [1.807, 2.05) is 43.1 Å². The second kappa shape index (κ2) is 6.00. The molecule has 0 saturated carbocycles. The van der Waals surface area contributed by atoms with Crippen LogP contribution in [0, 0.1) is 0 Å². The SMILES string of the molecule is CC(c1ccc(Cl)cc1)N(C)CC(N)C(N)=O. The standard InChI is InChI=1S/C12H18ClN3O/c1-8(9-3-5-10(13)6-4-9)16(2)7-11(14)12(15)17/h3-6,8,11H,7,14H2,1-2H3,(H2,15,17). The van der Waals surface area contributed by atoms with Crippen LogP contribution in [-0.2, 0) is 4.79 Å². The Morgan fingerprint density at radius 1 is 1.41 bits per heavy atom. The zero-order chi connectivity index (χ0) is 13.0. The van der Waals surface area contributed by atoms with Gasteiger partial charge >= 0.3 is 0 Å². The van der Waals surface area contributed by atoms with Gasteiger partial charge in [-0.15, -0.1) is 0 Å². The van der Waals surface area contributed by atoms with Crippen LogP contribution in [0.4, 0.5) is 0 Å². The molecule has 0 bridgehead atoms. The van der Waals surface area contributed by atoms with Crippen LogP contribution in [-0.4, -0.2) is 30.4 Å². The number of halogens is 1. The smallest absolute Gasteiger partial charge is 0.235 e. The molecule has 5 heteroatoms. The number of nitrogens with zero attached hydrogens (tertiary/aromatic N) is 1. The number of rotatable bonds is 5. The van der Waals surface area contributed by atoms with E-state index in [1.165, 1.54) is 0 Å². The van der Waals surface area contributed by atoms with Gasteiger partial charge in [0.25, 0.3) is 0 Å². The van der Waals surface area contributed by atoms with Gasteiger partial charge in [-0.25, -0.2) is 0 Å². The molecule has 1 aromatic rings. The van der Waals surface area contributed by atoms with Gasteiger partial charge in [0.15, 0.2) is 0 Å². The fraction of sp³-hybridized carbons (Fsp3) is 0.417. The molecule has 0 fully saturated rings. The molecule has 0 heterocycles. The lowest BCUT2D eigenvalue weighted by atomic mass is 10.1. The van der Waals surface area contributed by atoms with Crippen LogP contribution in [0.15, 0.2) is 24.3 Å². The molecule has 0 aliphatic rings. The number of hydrogen-bond acceptors (Lipinski definition) is 3. The Balaban J connectivity index is 2.66. The Morgan fingerprint density at radius 2 is 1.94 bits per heavy atom. The quantitative estimate of drug-likeness (QED) is 0.829. The molecule has 4 N–H and O–H groups in total. The second-order valence-corrected chi connectivity index (χ2v) is 4.61. The van der Waals surface area contributed by atoms with Gasteiger partial charge in [-0.05, 0) is 31.7 Å². The Kier molecular flexibility index (Phi) is 4.93. The van der Waals surface area contributed by atoms with Crippen molar-refractivity contribution in [2.75, 3.05) is 13.6 Å². The fourth-order valence-corrected chi connectivity index (χ4v) is 1.68. The van der Waals surface area contributed by atoms with Crippen LogP contribution < -0.4 is 11.5 Å². The summed E-state index contributed by atoms with van der Waals surface area (Å²) in [6, 6.07) is 7.11. The van der Waals surface area contributed by atoms with E-state index >= 15 is 0 Å².